The van der Waals surface area contributed by atoms with Crippen LogP contribution in [0.1, 0.15) is 22.2 Å². The average molecular weight is 246 g/mol. The molecular formula is C13H14N2OS. The van der Waals surface area contributed by atoms with Gasteiger partial charge in [0.25, 0.3) is 0 Å². The van der Waals surface area contributed by atoms with Gasteiger partial charge in [0.15, 0.2) is 11.4 Å². The minimum absolute atomic E-state index is 0.659. The van der Waals surface area contributed by atoms with Crippen LogP contribution in [0.15, 0.2) is 30.5 Å². The van der Waals surface area contributed by atoms with E-state index in [4.69, 9.17) is 0 Å². The number of hydrogen-bond acceptors (Lipinski definition) is 4. The van der Waals surface area contributed by atoms with Crippen LogP contribution in [0.25, 0.3) is 0 Å². The van der Waals surface area contributed by atoms with E-state index in [2.05, 4.69) is 35.9 Å². The van der Waals surface area contributed by atoms with Crippen LogP contribution in [0.3, 0.4) is 0 Å². The minimum Gasteiger partial charge on any atom is -0.318 e. The van der Waals surface area contributed by atoms with Gasteiger partial charge in [0.2, 0.25) is 0 Å². The summed E-state index contributed by atoms with van der Waals surface area (Å²) < 4.78 is 0. The average Bonchev–Trinajstić information content (AvgIpc) is 2.81. The molecule has 0 atom stereocenters. The number of rotatable bonds is 4. The SMILES string of the molecule is CCN(c1ncc(C=O)s1)c1ccccc1C. The predicted molar refractivity (Wildman–Crippen MR) is 71.4 cm³/mol. The summed E-state index contributed by atoms with van der Waals surface area (Å²) in [6.45, 7) is 4.98. The molecule has 0 amide bonds. The predicted octanol–water partition coefficient (Wildman–Crippen LogP) is 3.42. The molecule has 0 saturated heterocycles. The molecule has 0 saturated carbocycles. The maximum Gasteiger partial charge on any atom is 0.190 e. The molecule has 4 heteroatoms. The maximum atomic E-state index is 10.7. The highest BCUT2D eigenvalue weighted by atomic mass is 32.1. The van der Waals surface area contributed by atoms with Crippen molar-refractivity contribution in [3.05, 3.63) is 40.9 Å². The number of para-hydroxylation sites is 1. The lowest BCUT2D eigenvalue weighted by Crippen LogP contribution is -2.16. The normalized spacial score (nSPS) is 10.2. The van der Waals surface area contributed by atoms with Crippen molar-refractivity contribution < 1.29 is 4.79 Å². The van der Waals surface area contributed by atoms with E-state index in [1.807, 2.05) is 12.1 Å². The molecule has 0 radical (unpaired) electrons. The number of carbonyl (C=O) groups is 1. The molecule has 0 bridgehead atoms. The molecule has 3 nitrogen and oxygen atoms in total. The third kappa shape index (κ3) is 2.36. The molecular weight excluding hydrogens is 232 g/mol. The van der Waals surface area contributed by atoms with E-state index in [1.54, 1.807) is 6.20 Å². The van der Waals surface area contributed by atoms with Gasteiger partial charge in [-0.3, -0.25) is 4.79 Å². The highest BCUT2D eigenvalue weighted by Crippen LogP contribution is 2.30. The van der Waals surface area contributed by atoms with Crippen LogP contribution in [0.5, 0.6) is 0 Å². The second-order valence-electron chi connectivity index (χ2n) is 3.69. The molecule has 0 aliphatic carbocycles. The van der Waals surface area contributed by atoms with Crippen LogP contribution in [0.2, 0.25) is 0 Å². The Balaban J connectivity index is 2.40. The van der Waals surface area contributed by atoms with Gasteiger partial charge in [-0.1, -0.05) is 29.5 Å². The fraction of sp³-hybridized carbons (Fsp3) is 0.231. The van der Waals surface area contributed by atoms with Crippen LogP contribution < -0.4 is 4.90 Å². The Morgan fingerprint density at radius 1 is 1.41 bits per heavy atom. The van der Waals surface area contributed by atoms with E-state index in [9.17, 15) is 4.79 Å². The molecule has 1 heterocycles. The zero-order chi connectivity index (χ0) is 12.3. The van der Waals surface area contributed by atoms with E-state index in [0.29, 0.717) is 4.88 Å². The molecule has 88 valence electrons. The summed E-state index contributed by atoms with van der Waals surface area (Å²) >= 11 is 1.42. The first-order valence-electron chi connectivity index (χ1n) is 5.50. The minimum atomic E-state index is 0.659. The summed E-state index contributed by atoms with van der Waals surface area (Å²) in [5.41, 5.74) is 2.35. The number of aldehydes is 1. The fourth-order valence-corrected chi connectivity index (χ4v) is 2.54. The summed E-state index contributed by atoms with van der Waals surface area (Å²) in [6, 6.07) is 8.18. The molecule has 0 unspecified atom stereocenters. The van der Waals surface area contributed by atoms with Gasteiger partial charge in [-0.15, -0.1) is 0 Å². The largest absolute Gasteiger partial charge is 0.318 e. The highest BCUT2D eigenvalue weighted by molar-refractivity contribution is 7.17. The third-order valence-corrected chi connectivity index (χ3v) is 3.53. The Bertz CT molecular complexity index is 522. The first-order valence-corrected chi connectivity index (χ1v) is 6.32. The van der Waals surface area contributed by atoms with Crippen molar-refractivity contribution in [2.45, 2.75) is 13.8 Å². The number of hydrogen-bond donors (Lipinski definition) is 0. The topological polar surface area (TPSA) is 33.2 Å². The van der Waals surface area contributed by atoms with Gasteiger partial charge in [-0.05, 0) is 25.5 Å². The Labute approximate surface area is 105 Å². The van der Waals surface area contributed by atoms with Crippen LogP contribution in [0.4, 0.5) is 10.8 Å². The molecule has 0 N–H and O–H groups in total. The first-order chi connectivity index (χ1) is 8.26. The van der Waals surface area contributed by atoms with Gasteiger partial charge in [0.1, 0.15) is 0 Å². The lowest BCUT2D eigenvalue weighted by molar-refractivity contribution is 0.112. The molecule has 17 heavy (non-hydrogen) atoms. The van der Waals surface area contributed by atoms with Crippen molar-refractivity contribution in [1.82, 2.24) is 4.98 Å². The van der Waals surface area contributed by atoms with Crippen molar-refractivity contribution >= 4 is 28.4 Å². The van der Waals surface area contributed by atoms with Gasteiger partial charge in [0, 0.05) is 12.2 Å². The summed E-state index contributed by atoms with van der Waals surface area (Å²) in [6.07, 6.45) is 2.46. The Morgan fingerprint density at radius 2 is 2.18 bits per heavy atom. The number of thiazole rings is 1. The maximum absolute atomic E-state index is 10.7. The Kier molecular flexibility index (Phi) is 3.54. The number of aromatic nitrogens is 1. The lowest BCUT2D eigenvalue weighted by atomic mass is 10.2. The van der Waals surface area contributed by atoms with E-state index >= 15 is 0 Å². The van der Waals surface area contributed by atoms with E-state index < -0.39 is 0 Å². The van der Waals surface area contributed by atoms with Crippen LogP contribution >= 0.6 is 11.3 Å². The summed E-state index contributed by atoms with van der Waals surface area (Å²) in [4.78, 5) is 17.8. The quantitative estimate of drug-likeness (QED) is 0.775. The van der Waals surface area contributed by atoms with Gasteiger partial charge in [-0.2, -0.15) is 0 Å². The lowest BCUT2D eigenvalue weighted by Gasteiger charge is -2.21. The summed E-state index contributed by atoms with van der Waals surface area (Å²) in [5, 5.41) is 0.865. The monoisotopic (exact) mass is 246 g/mol. The number of nitrogens with zero attached hydrogens (tertiary/aromatic N) is 2. The second-order valence-corrected chi connectivity index (χ2v) is 4.73. The van der Waals surface area contributed by atoms with Crippen molar-refractivity contribution in [2.24, 2.45) is 0 Å². The van der Waals surface area contributed by atoms with Crippen LogP contribution in [-0.2, 0) is 0 Å². The standard InChI is InChI=1S/C13H14N2OS/c1-3-15(12-7-5-4-6-10(12)2)13-14-8-11(9-16)17-13/h4-9H,3H2,1-2H3. The van der Waals surface area contributed by atoms with Crippen molar-refractivity contribution in [2.75, 3.05) is 11.4 Å². The Morgan fingerprint density at radius 3 is 2.76 bits per heavy atom. The molecule has 2 rings (SSSR count). The van der Waals surface area contributed by atoms with Gasteiger partial charge in [0.05, 0.1) is 11.1 Å². The number of anilines is 2. The van der Waals surface area contributed by atoms with E-state index in [0.717, 1.165) is 23.6 Å². The number of aryl methyl sites for hydroxylation is 1. The van der Waals surface area contributed by atoms with E-state index in [-0.39, 0.29) is 0 Å². The molecule has 1 aromatic carbocycles. The van der Waals surface area contributed by atoms with Crippen molar-refractivity contribution in [3.63, 3.8) is 0 Å². The van der Waals surface area contributed by atoms with Crippen LogP contribution in [-0.4, -0.2) is 17.8 Å². The summed E-state index contributed by atoms with van der Waals surface area (Å²) in [7, 11) is 0. The van der Waals surface area contributed by atoms with Gasteiger partial charge >= 0.3 is 0 Å². The molecule has 0 aliphatic rings. The smallest absolute Gasteiger partial charge is 0.190 e. The molecule has 0 aliphatic heterocycles. The summed E-state index contributed by atoms with van der Waals surface area (Å²) in [5.74, 6) is 0. The van der Waals surface area contributed by atoms with Crippen molar-refractivity contribution in [1.29, 1.82) is 0 Å². The van der Waals surface area contributed by atoms with E-state index in [1.165, 1.54) is 16.9 Å². The van der Waals surface area contributed by atoms with Gasteiger partial charge in [-0.25, -0.2) is 4.98 Å². The molecule has 1 aromatic heterocycles. The van der Waals surface area contributed by atoms with Gasteiger partial charge < -0.3 is 4.90 Å². The second kappa shape index (κ2) is 5.10. The fourth-order valence-electron chi connectivity index (χ4n) is 1.73. The molecule has 0 fully saturated rings. The third-order valence-electron chi connectivity index (χ3n) is 2.58. The number of carbonyl (C=O) groups excluding carboxylic acids is 1. The first kappa shape index (κ1) is 11.8. The highest BCUT2D eigenvalue weighted by Gasteiger charge is 2.12. The van der Waals surface area contributed by atoms with Crippen molar-refractivity contribution in [3.8, 4) is 0 Å². The zero-order valence-corrected chi connectivity index (χ0v) is 10.7. The number of benzene rings is 1. The Hall–Kier alpha value is -1.68. The molecule has 0 spiro atoms. The van der Waals surface area contributed by atoms with Crippen LogP contribution in [0, 0.1) is 6.92 Å². The molecule has 2 aromatic rings. The zero-order valence-electron chi connectivity index (χ0n) is 9.88.